The van der Waals surface area contributed by atoms with Crippen molar-refractivity contribution in [3.8, 4) is 6.07 Å². The number of piperazine rings is 1. The Hall–Kier alpha value is -2.04. The fraction of sp³-hybridized carbons (Fsp3) is 0.700. The summed E-state index contributed by atoms with van der Waals surface area (Å²) >= 11 is 8.11. The zero-order valence-electron chi connectivity index (χ0n) is 22.7. The van der Waals surface area contributed by atoms with Gasteiger partial charge >= 0.3 is 0 Å². The fourth-order valence-corrected chi connectivity index (χ4v) is 8.66. The lowest BCUT2D eigenvalue weighted by molar-refractivity contribution is -0.135. The molecule has 8 heteroatoms. The van der Waals surface area contributed by atoms with Gasteiger partial charge in [-0.05, 0) is 61.3 Å². The van der Waals surface area contributed by atoms with Crippen LogP contribution in [0.1, 0.15) is 80.8 Å². The van der Waals surface area contributed by atoms with Crippen LogP contribution in [0.15, 0.2) is 28.8 Å². The van der Waals surface area contributed by atoms with E-state index in [1.807, 2.05) is 22.4 Å². The minimum absolute atomic E-state index is 0.0592. The minimum atomic E-state index is -0.0757. The van der Waals surface area contributed by atoms with Crippen molar-refractivity contribution in [3.05, 3.63) is 33.7 Å². The molecule has 3 unspecified atom stereocenters. The number of rotatable bonds is 7. The van der Waals surface area contributed by atoms with Gasteiger partial charge in [-0.15, -0.1) is 22.9 Å². The molecule has 3 heterocycles. The molecule has 2 saturated carbocycles. The molecule has 0 bridgehead atoms. The van der Waals surface area contributed by atoms with Gasteiger partial charge < -0.3 is 14.7 Å². The van der Waals surface area contributed by atoms with Crippen LogP contribution in [0.2, 0.25) is 0 Å². The van der Waals surface area contributed by atoms with Gasteiger partial charge in [-0.2, -0.15) is 5.26 Å². The van der Waals surface area contributed by atoms with Crippen LogP contribution in [0.3, 0.4) is 0 Å². The van der Waals surface area contributed by atoms with Crippen molar-refractivity contribution in [2.75, 3.05) is 38.6 Å². The Labute approximate surface area is 236 Å². The Morgan fingerprint density at radius 3 is 2.58 bits per heavy atom. The number of nitriles is 1. The van der Waals surface area contributed by atoms with Gasteiger partial charge in [-0.3, -0.25) is 9.59 Å². The van der Waals surface area contributed by atoms with Crippen LogP contribution >= 0.6 is 22.9 Å². The molecule has 6 nitrogen and oxygen atoms in total. The molecule has 0 spiro atoms. The van der Waals surface area contributed by atoms with Crippen molar-refractivity contribution >= 4 is 34.8 Å². The van der Waals surface area contributed by atoms with Gasteiger partial charge in [0.2, 0.25) is 0 Å². The van der Waals surface area contributed by atoms with E-state index < -0.39 is 0 Å². The number of carbonyl (C=O) groups is 2. The molecule has 2 aliphatic heterocycles. The summed E-state index contributed by atoms with van der Waals surface area (Å²) in [7, 11) is 0. The third kappa shape index (κ3) is 5.36. The summed E-state index contributed by atoms with van der Waals surface area (Å²) in [6, 6.07) is 6.25. The first kappa shape index (κ1) is 27.5. The molecule has 1 aromatic heterocycles. The van der Waals surface area contributed by atoms with Crippen LogP contribution in [-0.4, -0.2) is 71.2 Å². The summed E-state index contributed by atoms with van der Waals surface area (Å²) in [5.41, 5.74) is 1.35. The zero-order valence-corrected chi connectivity index (χ0v) is 24.2. The standard InChI is InChI=1S/C30H41ClN4O2S/c1-2-11-30(21-31)12-10-23-25(18-30)35(20-22-7-4-3-5-8-22)28(36)24(19-32)27(23)33-13-15-34(16-14-33)29(37)26-9-6-17-38-26/h6,9,17,22-23,25H,2-5,7-8,10-16,18,20-21H2,1H3. The van der Waals surface area contributed by atoms with Gasteiger partial charge in [0.1, 0.15) is 11.6 Å². The molecule has 0 N–H and O–H groups in total. The Balaban J connectivity index is 1.42. The molecule has 4 aliphatic rings. The van der Waals surface area contributed by atoms with E-state index in [1.165, 1.54) is 43.4 Å². The zero-order chi connectivity index (χ0) is 26.7. The van der Waals surface area contributed by atoms with Crippen molar-refractivity contribution < 1.29 is 9.59 Å². The lowest BCUT2D eigenvalue weighted by Crippen LogP contribution is -2.59. The summed E-state index contributed by atoms with van der Waals surface area (Å²) in [5.74, 6) is 1.32. The molecule has 2 amide bonds. The van der Waals surface area contributed by atoms with E-state index in [-0.39, 0.29) is 29.2 Å². The molecule has 3 fully saturated rings. The maximum atomic E-state index is 14.0. The Morgan fingerprint density at radius 2 is 1.95 bits per heavy atom. The molecule has 1 aromatic rings. The van der Waals surface area contributed by atoms with E-state index in [0.29, 0.717) is 43.6 Å². The first-order chi connectivity index (χ1) is 18.5. The predicted octanol–water partition coefficient (Wildman–Crippen LogP) is 5.90. The predicted molar refractivity (Wildman–Crippen MR) is 152 cm³/mol. The first-order valence-corrected chi connectivity index (χ1v) is 16.0. The van der Waals surface area contributed by atoms with Gasteiger partial charge in [-0.25, -0.2) is 0 Å². The van der Waals surface area contributed by atoms with Gasteiger partial charge in [0.15, 0.2) is 0 Å². The average Bonchev–Trinajstić information content (AvgIpc) is 3.50. The van der Waals surface area contributed by atoms with Crippen LogP contribution < -0.4 is 0 Å². The normalized spacial score (nSPS) is 28.9. The van der Waals surface area contributed by atoms with E-state index >= 15 is 0 Å². The Bertz CT molecular complexity index is 1070. The highest BCUT2D eigenvalue weighted by atomic mass is 35.5. The molecule has 2 aliphatic carbocycles. The lowest BCUT2D eigenvalue weighted by Gasteiger charge is -2.53. The van der Waals surface area contributed by atoms with Crippen LogP contribution in [-0.2, 0) is 4.79 Å². The number of hydrogen-bond acceptors (Lipinski definition) is 5. The molecule has 1 saturated heterocycles. The molecule has 3 atom stereocenters. The Kier molecular flexibility index (Phi) is 8.69. The van der Waals surface area contributed by atoms with Crippen molar-refractivity contribution in [1.29, 1.82) is 5.26 Å². The van der Waals surface area contributed by atoms with E-state index in [4.69, 9.17) is 11.6 Å². The van der Waals surface area contributed by atoms with Gasteiger partial charge in [-0.1, -0.05) is 38.7 Å². The number of thiophene rings is 1. The largest absolute Gasteiger partial charge is 0.370 e. The first-order valence-electron chi connectivity index (χ1n) is 14.6. The molecular formula is C30H41ClN4O2S. The third-order valence-electron chi connectivity index (χ3n) is 9.57. The quantitative estimate of drug-likeness (QED) is 0.392. The molecule has 0 radical (unpaired) electrons. The van der Waals surface area contributed by atoms with Crippen LogP contribution in [0, 0.1) is 28.6 Å². The van der Waals surface area contributed by atoms with Crippen LogP contribution in [0.4, 0.5) is 0 Å². The van der Waals surface area contributed by atoms with Gasteiger partial charge in [0.25, 0.3) is 11.8 Å². The van der Waals surface area contributed by atoms with Crippen LogP contribution in [0.25, 0.3) is 0 Å². The number of alkyl halides is 1. The van der Waals surface area contributed by atoms with Crippen molar-refractivity contribution in [2.45, 2.75) is 77.2 Å². The summed E-state index contributed by atoms with van der Waals surface area (Å²) in [6.07, 6.45) is 11.2. The topological polar surface area (TPSA) is 67.6 Å². The second-order valence-electron chi connectivity index (χ2n) is 11.9. The third-order valence-corrected chi connectivity index (χ3v) is 11.0. The van der Waals surface area contributed by atoms with E-state index in [1.54, 1.807) is 0 Å². The SMILES string of the molecule is CCCC1(CCl)CCC2C(N3CCN(C(=O)c4cccs4)CC3)=C(C#N)C(=O)N(CC3CCCCC3)C2C1. The van der Waals surface area contributed by atoms with Gasteiger partial charge in [0.05, 0.1) is 4.88 Å². The summed E-state index contributed by atoms with van der Waals surface area (Å²) in [5, 5.41) is 12.2. The van der Waals surface area contributed by atoms with Gasteiger partial charge in [0, 0.05) is 56.3 Å². The Morgan fingerprint density at radius 1 is 1.18 bits per heavy atom. The molecule has 0 aromatic carbocycles. The molecule has 206 valence electrons. The van der Waals surface area contributed by atoms with E-state index in [2.05, 4.69) is 22.8 Å². The summed E-state index contributed by atoms with van der Waals surface area (Å²) in [6.45, 7) is 5.53. The van der Waals surface area contributed by atoms with Crippen LogP contribution in [0.5, 0.6) is 0 Å². The smallest absolute Gasteiger partial charge is 0.266 e. The van der Waals surface area contributed by atoms with E-state index in [0.717, 1.165) is 49.2 Å². The number of hydrogen-bond donors (Lipinski definition) is 0. The maximum absolute atomic E-state index is 14.0. The second kappa shape index (κ2) is 12.0. The average molecular weight is 557 g/mol. The second-order valence-corrected chi connectivity index (χ2v) is 13.1. The van der Waals surface area contributed by atoms with Crippen molar-refractivity contribution in [2.24, 2.45) is 17.3 Å². The number of amides is 2. The van der Waals surface area contributed by atoms with Crippen molar-refractivity contribution in [1.82, 2.24) is 14.7 Å². The monoisotopic (exact) mass is 556 g/mol. The fourth-order valence-electron chi connectivity index (χ4n) is 7.59. The molecular weight excluding hydrogens is 516 g/mol. The number of halogens is 1. The molecule has 5 rings (SSSR count). The molecule has 38 heavy (non-hydrogen) atoms. The van der Waals surface area contributed by atoms with Crippen molar-refractivity contribution in [3.63, 3.8) is 0 Å². The number of carbonyl (C=O) groups excluding carboxylic acids is 2. The number of fused-ring (bicyclic) bond motifs is 1. The highest BCUT2D eigenvalue weighted by Gasteiger charge is 2.50. The maximum Gasteiger partial charge on any atom is 0.266 e. The summed E-state index contributed by atoms with van der Waals surface area (Å²) < 4.78 is 0. The highest BCUT2D eigenvalue weighted by Crippen LogP contribution is 2.50. The summed E-state index contributed by atoms with van der Waals surface area (Å²) in [4.78, 5) is 34.0. The number of nitrogens with zero attached hydrogens (tertiary/aromatic N) is 4. The lowest BCUT2D eigenvalue weighted by atomic mass is 9.64. The van der Waals surface area contributed by atoms with E-state index in [9.17, 15) is 14.9 Å². The minimum Gasteiger partial charge on any atom is -0.370 e. The highest BCUT2D eigenvalue weighted by molar-refractivity contribution is 7.12.